The van der Waals surface area contributed by atoms with Gasteiger partial charge in [0.15, 0.2) is 5.82 Å². The van der Waals surface area contributed by atoms with Crippen LogP contribution in [-0.4, -0.2) is 56.7 Å². The van der Waals surface area contributed by atoms with E-state index >= 15 is 0 Å². The largest absolute Gasteiger partial charge is 0.353 e. The first-order chi connectivity index (χ1) is 14.3. The summed E-state index contributed by atoms with van der Waals surface area (Å²) in [6, 6.07) is 8.16. The summed E-state index contributed by atoms with van der Waals surface area (Å²) >= 11 is 6.05. The molecule has 0 bridgehead atoms. The van der Waals surface area contributed by atoms with Gasteiger partial charge in [0.2, 0.25) is 0 Å². The fraction of sp³-hybridized carbons (Fsp3) is 0.333. The van der Waals surface area contributed by atoms with Crippen molar-refractivity contribution in [3.63, 3.8) is 0 Å². The molecule has 0 spiro atoms. The topological polar surface area (TPSA) is 67.2 Å². The molecule has 0 atom stereocenters. The normalized spacial score (nSPS) is 14.3. The smallest absolute Gasteiger partial charge is 0.258 e. The van der Waals surface area contributed by atoms with Crippen molar-refractivity contribution >= 4 is 23.3 Å². The molecule has 1 aromatic carbocycles. The molecule has 3 aromatic rings. The first-order valence-electron chi connectivity index (χ1n) is 9.71. The van der Waals surface area contributed by atoms with Crippen LogP contribution in [0.4, 0.5) is 10.2 Å². The lowest BCUT2D eigenvalue weighted by Crippen LogP contribution is -2.49. The third-order valence-electron chi connectivity index (χ3n) is 5.11. The van der Waals surface area contributed by atoms with Crippen molar-refractivity contribution < 1.29 is 9.18 Å². The van der Waals surface area contributed by atoms with E-state index in [9.17, 15) is 9.18 Å². The molecule has 1 aliphatic rings. The summed E-state index contributed by atoms with van der Waals surface area (Å²) in [5.74, 6) is 1.14. The molecule has 30 heavy (non-hydrogen) atoms. The number of benzene rings is 1. The number of amides is 1. The Bertz CT molecular complexity index is 1090. The number of aromatic nitrogens is 4. The second-order valence-corrected chi connectivity index (χ2v) is 7.75. The highest BCUT2D eigenvalue weighted by Crippen LogP contribution is 2.23. The first-order valence-corrected chi connectivity index (χ1v) is 10.1. The number of rotatable bonds is 3. The summed E-state index contributed by atoms with van der Waals surface area (Å²) in [5.41, 5.74) is 1.84. The zero-order valence-electron chi connectivity index (χ0n) is 17.1. The minimum atomic E-state index is -0.601. The number of carbonyl (C=O) groups is 1. The number of hydrogen-bond donors (Lipinski definition) is 0. The molecule has 1 fully saturated rings. The number of carbonyl (C=O) groups excluding carboxylic acids is 1. The summed E-state index contributed by atoms with van der Waals surface area (Å²) in [4.78, 5) is 25.6. The van der Waals surface area contributed by atoms with E-state index < -0.39 is 5.82 Å². The second kappa shape index (κ2) is 8.02. The quantitative estimate of drug-likeness (QED) is 0.640. The van der Waals surface area contributed by atoms with Crippen LogP contribution in [0, 0.1) is 26.6 Å². The lowest BCUT2D eigenvalue weighted by Gasteiger charge is -2.35. The van der Waals surface area contributed by atoms with Gasteiger partial charge in [0.1, 0.15) is 17.5 Å². The van der Waals surface area contributed by atoms with Gasteiger partial charge in [-0.25, -0.2) is 19.0 Å². The Hall–Kier alpha value is -3.00. The van der Waals surface area contributed by atoms with Crippen molar-refractivity contribution in [2.75, 3.05) is 31.1 Å². The van der Waals surface area contributed by atoms with Gasteiger partial charge in [-0.1, -0.05) is 17.7 Å². The zero-order chi connectivity index (χ0) is 21.4. The number of halogens is 2. The molecular weight excluding hydrogens is 407 g/mol. The van der Waals surface area contributed by atoms with Gasteiger partial charge in [-0.2, -0.15) is 5.10 Å². The van der Waals surface area contributed by atoms with Gasteiger partial charge in [0.05, 0.1) is 16.3 Å². The van der Waals surface area contributed by atoms with Crippen LogP contribution in [0.25, 0.3) is 5.82 Å². The summed E-state index contributed by atoms with van der Waals surface area (Å²) in [5, 5.41) is 4.63. The molecule has 0 radical (unpaired) electrons. The first kappa shape index (κ1) is 20.3. The molecule has 2 aromatic heterocycles. The van der Waals surface area contributed by atoms with Crippen LogP contribution in [0.15, 0.2) is 30.3 Å². The second-order valence-electron chi connectivity index (χ2n) is 7.35. The van der Waals surface area contributed by atoms with E-state index in [-0.39, 0.29) is 16.5 Å². The molecule has 1 saturated heterocycles. The average Bonchev–Trinajstić information content (AvgIpc) is 3.05. The molecule has 156 valence electrons. The third kappa shape index (κ3) is 3.87. The molecule has 0 aliphatic carbocycles. The van der Waals surface area contributed by atoms with E-state index in [1.807, 2.05) is 32.9 Å². The Morgan fingerprint density at radius 1 is 1.03 bits per heavy atom. The molecule has 1 aliphatic heterocycles. The van der Waals surface area contributed by atoms with Gasteiger partial charge in [-0.05, 0) is 39.0 Å². The SMILES string of the molecule is Cc1cc(C)n(-c2cc(N3CCN(C(=O)c4c(F)cccc4Cl)CC3)nc(C)n2)n1. The molecule has 4 rings (SSSR count). The standard InChI is InChI=1S/C21H22ClFN6O/c1-13-11-14(2)29(26-13)19-12-18(24-15(3)25-19)27-7-9-28(10-8-27)21(30)20-16(22)5-4-6-17(20)23/h4-6,11-12H,7-10H2,1-3H3. The number of nitrogens with zero attached hydrogens (tertiary/aromatic N) is 6. The van der Waals surface area contributed by atoms with Crippen LogP contribution in [-0.2, 0) is 0 Å². The Balaban J connectivity index is 1.52. The highest BCUT2D eigenvalue weighted by molar-refractivity contribution is 6.33. The summed E-state index contributed by atoms with van der Waals surface area (Å²) in [6.45, 7) is 7.81. The van der Waals surface area contributed by atoms with E-state index in [4.69, 9.17) is 11.6 Å². The molecule has 0 unspecified atom stereocenters. The van der Waals surface area contributed by atoms with Crippen molar-refractivity contribution in [2.45, 2.75) is 20.8 Å². The maximum Gasteiger partial charge on any atom is 0.258 e. The lowest BCUT2D eigenvalue weighted by atomic mass is 10.1. The summed E-state index contributed by atoms with van der Waals surface area (Å²) in [6.07, 6.45) is 0. The highest BCUT2D eigenvalue weighted by atomic mass is 35.5. The molecule has 9 heteroatoms. The van der Waals surface area contributed by atoms with Crippen LogP contribution in [0.1, 0.15) is 27.6 Å². The lowest BCUT2D eigenvalue weighted by molar-refractivity contribution is 0.0742. The average molecular weight is 429 g/mol. The maximum atomic E-state index is 14.1. The van der Waals surface area contributed by atoms with Crippen molar-refractivity contribution in [2.24, 2.45) is 0 Å². The summed E-state index contributed by atoms with van der Waals surface area (Å²) < 4.78 is 15.9. The monoisotopic (exact) mass is 428 g/mol. The van der Waals surface area contributed by atoms with Crippen molar-refractivity contribution in [1.82, 2.24) is 24.6 Å². The maximum absolute atomic E-state index is 14.1. The highest BCUT2D eigenvalue weighted by Gasteiger charge is 2.26. The predicted octanol–water partition coefficient (Wildman–Crippen LogP) is 3.34. The third-order valence-corrected chi connectivity index (χ3v) is 5.42. The summed E-state index contributed by atoms with van der Waals surface area (Å²) in [7, 11) is 0. The molecule has 1 amide bonds. The van der Waals surface area contributed by atoms with Gasteiger partial charge in [0, 0.05) is 37.9 Å². The number of anilines is 1. The predicted molar refractivity (Wildman–Crippen MR) is 113 cm³/mol. The Labute approximate surface area is 179 Å². The fourth-order valence-electron chi connectivity index (χ4n) is 3.67. The van der Waals surface area contributed by atoms with Crippen LogP contribution < -0.4 is 4.90 Å². The van der Waals surface area contributed by atoms with Gasteiger partial charge < -0.3 is 9.80 Å². The van der Waals surface area contributed by atoms with Crippen LogP contribution in [0.2, 0.25) is 5.02 Å². The van der Waals surface area contributed by atoms with Crippen molar-refractivity contribution in [3.05, 3.63) is 63.9 Å². The molecule has 0 N–H and O–H groups in total. The molecule has 7 nitrogen and oxygen atoms in total. The van der Waals surface area contributed by atoms with E-state index in [1.54, 1.807) is 9.58 Å². The fourth-order valence-corrected chi connectivity index (χ4v) is 3.91. The van der Waals surface area contributed by atoms with Gasteiger partial charge in [0.25, 0.3) is 5.91 Å². The van der Waals surface area contributed by atoms with E-state index in [1.165, 1.54) is 18.2 Å². The van der Waals surface area contributed by atoms with Gasteiger partial charge in [-0.15, -0.1) is 0 Å². The minimum absolute atomic E-state index is 0.0719. The van der Waals surface area contributed by atoms with Crippen LogP contribution in [0.3, 0.4) is 0 Å². The van der Waals surface area contributed by atoms with Gasteiger partial charge in [-0.3, -0.25) is 4.79 Å². The van der Waals surface area contributed by atoms with Gasteiger partial charge >= 0.3 is 0 Å². The Kier molecular flexibility index (Phi) is 5.42. The van der Waals surface area contributed by atoms with Crippen LogP contribution in [0.5, 0.6) is 0 Å². The number of hydrogen-bond acceptors (Lipinski definition) is 5. The van der Waals surface area contributed by atoms with Crippen molar-refractivity contribution in [1.29, 1.82) is 0 Å². The minimum Gasteiger partial charge on any atom is -0.353 e. The number of aryl methyl sites for hydroxylation is 3. The number of piperazine rings is 1. The van der Waals surface area contributed by atoms with E-state index in [0.29, 0.717) is 37.8 Å². The van der Waals surface area contributed by atoms with E-state index in [2.05, 4.69) is 20.0 Å². The van der Waals surface area contributed by atoms with Crippen LogP contribution >= 0.6 is 11.6 Å². The molecule has 0 saturated carbocycles. The zero-order valence-corrected chi connectivity index (χ0v) is 17.8. The van der Waals surface area contributed by atoms with E-state index in [0.717, 1.165) is 17.2 Å². The Morgan fingerprint density at radius 3 is 2.37 bits per heavy atom. The Morgan fingerprint density at radius 2 is 1.73 bits per heavy atom. The molecule has 3 heterocycles. The molecular formula is C21H22ClFN6O. The van der Waals surface area contributed by atoms with Crippen molar-refractivity contribution in [3.8, 4) is 5.82 Å².